The molecule has 0 saturated carbocycles. The molecule has 0 aliphatic carbocycles. The van der Waals surface area contributed by atoms with Crippen LogP contribution in [0.4, 0.5) is 0 Å². The molecule has 0 fully saturated rings. The van der Waals surface area contributed by atoms with Crippen LogP contribution in [-0.2, 0) is 22.6 Å². The summed E-state index contributed by atoms with van der Waals surface area (Å²) in [7, 11) is 0. The van der Waals surface area contributed by atoms with Gasteiger partial charge in [0.25, 0.3) is 0 Å². The van der Waals surface area contributed by atoms with Crippen LogP contribution in [-0.4, -0.2) is 41.3 Å². The van der Waals surface area contributed by atoms with E-state index in [4.69, 9.17) is 10.2 Å². The highest BCUT2D eigenvalue weighted by Gasteiger charge is 2.16. The number of amides is 1. The predicted molar refractivity (Wildman–Crippen MR) is 105 cm³/mol. The Morgan fingerprint density at radius 3 is 2.04 bits per heavy atom. The van der Waals surface area contributed by atoms with Crippen LogP contribution >= 0.6 is 0 Å². The van der Waals surface area contributed by atoms with E-state index in [2.05, 4.69) is 29.7 Å². The molecule has 146 valence electrons. The molecule has 0 saturated heterocycles. The topological polar surface area (TPSA) is 98.7 Å². The first-order valence-corrected chi connectivity index (χ1v) is 8.95. The van der Waals surface area contributed by atoms with Crippen LogP contribution in [0.2, 0.25) is 0 Å². The second kappa shape index (κ2) is 13.5. The average molecular weight is 372 g/mol. The lowest BCUT2D eigenvalue weighted by Gasteiger charge is -2.13. The van der Waals surface area contributed by atoms with Gasteiger partial charge in [0.1, 0.15) is 6.04 Å². The summed E-state index contributed by atoms with van der Waals surface area (Å²) in [5, 5.41) is 23.2. The van der Waals surface area contributed by atoms with E-state index in [1.165, 1.54) is 5.56 Å². The molecule has 0 aliphatic rings. The molecular weight excluding hydrogens is 344 g/mol. The highest BCUT2D eigenvalue weighted by molar-refractivity contribution is 5.76. The minimum Gasteiger partial charge on any atom is -0.480 e. The molecule has 27 heavy (non-hydrogen) atoms. The minimum absolute atomic E-state index is 0.212. The number of nitrogens with one attached hydrogen (secondary N) is 2. The molecular formula is C21H28N2O4. The Labute approximate surface area is 160 Å². The molecule has 0 unspecified atom stereocenters. The molecule has 0 aliphatic heterocycles. The van der Waals surface area contributed by atoms with Crippen LogP contribution in [0.5, 0.6) is 0 Å². The number of hydrogen-bond acceptors (Lipinski definition) is 4. The Morgan fingerprint density at radius 1 is 1.04 bits per heavy atom. The molecule has 2 atom stereocenters. The first-order valence-electron chi connectivity index (χ1n) is 8.95. The van der Waals surface area contributed by atoms with Crippen LogP contribution in [0.25, 0.3) is 0 Å². The Bertz CT molecular complexity index is 646. The van der Waals surface area contributed by atoms with Gasteiger partial charge in [-0.3, -0.25) is 4.79 Å². The van der Waals surface area contributed by atoms with Gasteiger partial charge in [-0.15, -0.1) is 0 Å². The number of aliphatic hydroxyl groups is 1. The lowest BCUT2D eigenvalue weighted by Crippen LogP contribution is -2.37. The zero-order chi connectivity index (χ0) is 19.9. The molecule has 0 heterocycles. The summed E-state index contributed by atoms with van der Waals surface area (Å²) < 4.78 is 0. The molecule has 6 heteroatoms. The van der Waals surface area contributed by atoms with Crippen LogP contribution in [0.15, 0.2) is 60.7 Å². The standard InChI is InChI=1S/C11H17NO.C10H11NO3/c1-2-11(9-13)12-8-10-6-4-3-5-7-10;12-7-11-9(10(13)14)6-8-4-2-1-3-5-8/h3-7,11-13H,2,8-9H2,1H3;1-5,7,9H,6H2,(H,11,12)(H,13,14)/t11-;9-/m10/s1. The zero-order valence-electron chi connectivity index (χ0n) is 15.5. The van der Waals surface area contributed by atoms with E-state index >= 15 is 0 Å². The summed E-state index contributed by atoms with van der Waals surface area (Å²) in [4.78, 5) is 20.8. The molecule has 0 radical (unpaired) electrons. The highest BCUT2D eigenvalue weighted by atomic mass is 16.4. The van der Waals surface area contributed by atoms with Gasteiger partial charge in [0, 0.05) is 19.0 Å². The number of benzene rings is 2. The Hall–Kier alpha value is -2.70. The van der Waals surface area contributed by atoms with Crippen molar-refractivity contribution in [1.29, 1.82) is 0 Å². The van der Waals surface area contributed by atoms with Gasteiger partial charge >= 0.3 is 5.97 Å². The maximum atomic E-state index is 10.7. The lowest BCUT2D eigenvalue weighted by atomic mass is 10.1. The minimum atomic E-state index is -1.03. The smallest absolute Gasteiger partial charge is 0.326 e. The molecule has 2 aromatic rings. The third-order valence-corrected chi connectivity index (χ3v) is 4.00. The first-order chi connectivity index (χ1) is 13.1. The highest BCUT2D eigenvalue weighted by Crippen LogP contribution is 2.03. The monoisotopic (exact) mass is 372 g/mol. The van der Waals surface area contributed by atoms with E-state index < -0.39 is 12.0 Å². The molecule has 1 amide bonds. The predicted octanol–water partition coefficient (Wildman–Crippen LogP) is 1.98. The van der Waals surface area contributed by atoms with Crippen LogP contribution < -0.4 is 10.6 Å². The Balaban J connectivity index is 0.000000271. The number of aliphatic hydroxyl groups excluding tert-OH is 1. The van der Waals surface area contributed by atoms with Crippen molar-refractivity contribution in [2.24, 2.45) is 0 Å². The van der Waals surface area contributed by atoms with Gasteiger partial charge in [-0.2, -0.15) is 0 Å². The number of hydrogen-bond donors (Lipinski definition) is 4. The van der Waals surface area contributed by atoms with Crippen LogP contribution in [0, 0.1) is 0 Å². The summed E-state index contributed by atoms with van der Waals surface area (Å²) >= 11 is 0. The van der Waals surface area contributed by atoms with Crippen molar-refractivity contribution in [3.63, 3.8) is 0 Å². The molecule has 6 nitrogen and oxygen atoms in total. The van der Waals surface area contributed by atoms with Gasteiger partial charge in [0.15, 0.2) is 0 Å². The van der Waals surface area contributed by atoms with E-state index in [0.717, 1.165) is 18.5 Å². The van der Waals surface area contributed by atoms with Gasteiger partial charge in [-0.05, 0) is 17.5 Å². The number of rotatable bonds is 10. The second-order valence-corrected chi connectivity index (χ2v) is 6.02. The SMILES string of the molecule is CC[C@H](CO)NCc1ccccc1.O=CN[C@@H](Cc1ccccc1)C(=O)O. The van der Waals surface area contributed by atoms with Crippen molar-refractivity contribution in [3.8, 4) is 0 Å². The summed E-state index contributed by atoms with van der Waals surface area (Å²) in [6.07, 6.45) is 1.67. The van der Waals surface area contributed by atoms with Gasteiger partial charge in [-0.25, -0.2) is 4.79 Å². The third kappa shape index (κ3) is 9.53. The maximum Gasteiger partial charge on any atom is 0.326 e. The van der Waals surface area contributed by atoms with Crippen molar-refractivity contribution in [2.75, 3.05) is 6.61 Å². The van der Waals surface area contributed by atoms with E-state index in [-0.39, 0.29) is 12.6 Å². The van der Waals surface area contributed by atoms with Gasteiger partial charge in [-0.1, -0.05) is 67.6 Å². The average Bonchev–Trinajstić information content (AvgIpc) is 2.70. The summed E-state index contributed by atoms with van der Waals surface area (Å²) in [6, 6.07) is 18.7. The summed E-state index contributed by atoms with van der Waals surface area (Å²) in [5.41, 5.74) is 2.14. The van der Waals surface area contributed by atoms with E-state index in [1.54, 1.807) is 0 Å². The molecule has 4 N–H and O–H groups in total. The number of aliphatic carboxylic acids is 1. The van der Waals surface area contributed by atoms with Crippen molar-refractivity contribution in [1.82, 2.24) is 10.6 Å². The number of carboxylic acid groups (broad SMARTS) is 1. The molecule has 2 aromatic carbocycles. The number of carboxylic acids is 1. The summed E-state index contributed by atoms with van der Waals surface area (Å²) in [6.45, 7) is 3.11. The fraction of sp³-hybridized carbons (Fsp3) is 0.333. The first kappa shape index (κ1) is 22.3. The van der Waals surface area contributed by atoms with E-state index in [0.29, 0.717) is 12.8 Å². The van der Waals surface area contributed by atoms with E-state index in [1.807, 2.05) is 48.5 Å². The second-order valence-electron chi connectivity index (χ2n) is 6.02. The third-order valence-electron chi connectivity index (χ3n) is 4.00. The normalized spacial score (nSPS) is 12.2. The van der Waals surface area contributed by atoms with E-state index in [9.17, 15) is 9.59 Å². The Kier molecular flexibility index (Phi) is 11.2. The fourth-order valence-corrected chi connectivity index (χ4v) is 2.35. The molecule has 0 bridgehead atoms. The number of carbonyl (C=O) groups excluding carboxylic acids is 1. The fourth-order valence-electron chi connectivity index (χ4n) is 2.35. The number of carbonyl (C=O) groups is 2. The summed E-state index contributed by atoms with van der Waals surface area (Å²) in [5.74, 6) is -1.03. The van der Waals surface area contributed by atoms with Gasteiger partial charge in [0.05, 0.1) is 6.61 Å². The van der Waals surface area contributed by atoms with Crippen LogP contribution in [0.3, 0.4) is 0 Å². The van der Waals surface area contributed by atoms with Crippen molar-refractivity contribution < 1.29 is 19.8 Å². The van der Waals surface area contributed by atoms with Gasteiger partial charge < -0.3 is 20.8 Å². The van der Waals surface area contributed by atoms with Crippen molar-refractivity contribution in [3.05, 3.63) is 71.8 Å². The molecule has 0 spiro atoms. The largest absolute Gasteiger partial charge is 0.480 e. The van der Waals surface area contributed by atoms with Crippen LogP contribution in [0.1, 0.15) is 24.5 Å². The zero-order valence-corrected chi connectivity index (χ0v) is 15.5. The lowest BCUT2D eigenvalue weighted by molar-refractivity contribution is -0.140. The Morgan fingerprint density at radius 2 is 1.59 bits per heavy atom. The molecule has 2 rings (SSSR count). The quantitative estimate of drug-likeness (QED) is 0.478. The maximum absolute atomic E-state index is 10.7. The molecule has 0 aromatic heterocycles. The van der Waals surface area contributed by atoms with Crippen molar-refractivity contribution in [2.45, 2.75) is 38.4 Å². The van der Waals surface area contributed by atoms with Gasteiger partial charge in [0.2, 0.25) is 6.41 Å². The van der Waals surface area contributed by atoms with Crippen molar-refractivity contribution >= 4 is 12.4 Å².